The minimum absolute atomic E-state index is 0.00611. The number of rotatable bonds is 6. The Morgan fingerprint density at radius 2 is 1.62 bits per heavy atom. The summed E-state index contributed by atoms with van der Waals surface area (Å²) in [5.74, 6) is -0.653. The molecule has 1 aromatic heterocycles. The summed E-state index contributed by atoms with van der Waals surface area (Å²) in [5.41, 5.74) is 1.18. The van der Waals surface area contributed by atoms with Gasteiger partial charge in [-0.3, -0.25) is 9.59 Å². The van der Waals surface area contributed by atoms with Crippen LogP contribution in [0.1, 0.15) is 25.3 Å². The van der Waals surface area contributed by atoms with E-state index in [1.54, 1.807) is 30.3 Å². The van der Waals surface area contributed by atoms with Crippen molar-refractivity contribution in [3.8, 4) is 0 Å². The number of para-hydroxylation sites is 1. The van der Waals surface area contributed by atoms with Crippen LogP contribution in [0.5, 0.6) is 0 Å². The molecule has 6 nitrogen and oxygen atoms in total. The number of anilines is 1. The average Bonchev–Trinajstić information content (AvgIpc) is 2.82. The summed E-state index contributed by atoms with van der Waals surface area (Å²) in [4.78, 5) is 25.4. The maximum atomic E-state index is 13.4. The van der Waals surface area contributed by atoms with Gasteiger partial charge in [-0.15, -0.1) is 0 Å². The molecule has 0 spiro atoms. The van der Waals surface area contributed by atoms with Crippen LogP contribution in [-0.2, 0) is 21.2 Å². The fourth-order valence-electron chi connectivity index (χ4n) is 3.69. The number of nitrogens with one attached hydrogen (secondary N) is 1. The highest BCUT2D eigenvalue weighted by Crippen LogP contribution is 2.23. The molecule has 0 atom stereocenters. The molecule has 34 heavy (non-hydrogen) atoms. The van der Waals surface area contributed by atoms with E-state index < -0.39 is 31.9 Å². The second kappa shape index (κ2) is 9.23. The minimum Gasteiger partial charge on any atom is -0.336 e. The number of hydrogen-bond donors (Lipinski definition) is 1. The molecule has 0 saturated carbocycles. The van der Waals surface area contributed by atoms with Crippen molar-refractivity contribution in [1.29, 1.82) is 0 Å². The van der Waals surface area contributed by atoms with Gasteiger partial charge in [0, 0.05) is 17.3 Å². The third kappa shape index (κ3) is 4.63. The molecule has 1 amide bonds. The first-order valence-corrected chi connectivity index (χ1v) is 12.2. The largest absolute Gasteiger partial charge is 0.336 e. The number of fused-ring (bicyclic) bond motifs is 1. The van der Waals surface area contributed by atoms with Crippen molar-refractivity contribution in [3.05, 3.63) is 101 Å². The van der Waals surface area contributed by atoms with Gasteiger partial charge in [-0.1, -0.05) is 38.1 Å². The maximum absolute atomic E-state index is 13.4. The second-order valence-corrected chi connectivity index (χ2v) is 10.2. The van der Waals surface area contributed by atoms with E-state index >= 15 is 0 Å². The lowest BCUT2D eigenvalue weighted by atomic mass is 10.0. The summed E-state index contributed by atoms with van der Waals surface area (Å²) < 4.78 is 41.4. The van der Waals surface area contributed by atoms with Crippen LogP contribution in [0.15, 0.2) is 93.6 Å². The van der Waals surface area contributed by atoms with Gasteiger partial charge in [0.15, 0.2) is 0 Å². The first kappa shape index (κ1) is 23.4. The molecule has 4 rings (SSSR count). The summed E-state index contributed by atoms with van der Waals surface area (Å²) in [7, 11) is -4.13. The van der Waals surface area contributed by atoms with Gasteiger partial charge < -0.3 is 9.88 Å². The Hall–Kier alpha value is -3.78. The van der Waals surface area contributed by atoms with E-state index in [-0.39, 0.29) is 22.7 Å². The van der Waals surface area contributed by atoms with E-state index in [2.05, 4.69) is 5.32 Å². The lowest BCUT2D eigenvalue weighted by Gasteiger charge is -2.14. The molecule has 1 heterocycles. The Morgan fingerprint density at radius 1 is 0.971 bits per heavy atom. The van der Waals surface area contributed by atoms with Crippen LogP contribution >= 0.6 is 0 Å². The van der Waals surface area contributed by atoms with Crippen LogP contribution in [0.4, 0.5) is 10.1 Å². The number of amides is 1. The minimum atomic E-state index is -4.13. The Labute approximate surface area is 196 Å². The number of nitrogens with zero attached hydrogens (tertiary/aromatic N) is 1. The van der Waals surface area contributed by atoms with Crippen molar-refractivity contribution < 1.29 is 17.6 Å². The molecular weight excluding hydrogens is 455 g/mol. The number of carbonyl (C=O) groups is 1. The maximum Gasteiger partial charge on any atom is 0.244 e. The van der Waals surface area contributed by atoms with Crippen molar-refractivity contribution in [2.75, 3.05) is 5.32 Å². The first-order valence-electron chi connectivity index (χ1n) is 10.7. The van der Waals surface area contributed by atoms with E-state index in [0.717, 1.165) is 5.56 Å². The second-order valence-electron chi connectivity index (χ2n) is 8.25. The molecule has 0 fully saturated rings. The average molecular weight is 479 g/mol. The van der Waals surface area contributed by atoms with Gasteiger partial charge in [0.05, 0.1) is 10.4 Å². The van der Waals surface area contributed by atoms with Crippen LogP contribution in [0.3, 0.4) is 0 Å². The van der Waals surface area contributed by atoms with E-state index in [0.29, 0.717) is 11.2 Å². The molecule has 0 radical (unpaired) electrons. The third-order valence-electron chi connectivity index (χ3n) is 5.54. The summed E-state index contributed by atoms with van der Waals surface area (Å²) in [5, 5.41) is 2.84. The molecule has 0 bridgehead atoms. The monoisotopic (exact) mass is 478 g/mol. The van der Waals surface area contributed by atoms with Crippen LogP contribution in [0.2, 0.25) is 0 Å². The third-order valence-corrected chi connectivity index (χ3v) is 7.31. The van der Waals surface area contributed by atoms with Crippen LogP contribution in [0, 0.1) is 5.82 Å². The summed E-state index contributed by atoms with van der Waals surface area (Å²) >= 11 is 0. The fraction of sp³-hybridized carbons (Fsp3) is 0.154. The molecular formula is C26H23FN2O4S. The number of benzene rings is 3. The molecule has 0 aliphatic heterocycles. The number of pyridine rings is 1. The number of carbonyl (C=O) groups excluding carboxylic acids is 1. The number of hydrogen-bond acceptors (Lipinski definition) is 4. The molecule has 4 aromatic rings. The quantitative estimate of drug-likeness (QED) is 0.434. The standard InChI is InChI=1S/C26H23FN2O4S/c1-17(2)18-7-13-21(14-8-18)34(32,33)24-15-29(23-6-4-3-5-22(23)26(24)31)16-25(30)28-20-11-9-19(27)10-12-20/h3-15,17H,16H2,1-2H3,(H,28,30). The van der Waals surface area contributed by atoms with Gasteiger partial charge in [-0.05, 0) is 60.0 Å². The van der Waals surface area contributed by atoms with Gasteiger partial charge >= 0.3 is 0 Å². The van der Waals surface area contributed by atoms with Gasteiger partial charge in [0.1, 0.15) is 17.3 Å². The highest BCUT2D eigenvalue weighted by Gasteiger charge is 2.24. The molecule has 0 aliphatic rings. The molecule has 0 saturated heterocycles. The SMILES string of the molecule is CC(C)c1ccc(S(=O)(=O)c2cn(CC(=O)Nc3ccc(F)cc3)c3ccccc3c2=O)cc1. The molecule has 8 heteroatoms. The molecule has 0 unspecified atom stereocenters. The molecule has 1 N–H and O–H groups in total. The van der Waals surface area contributed by atoms with Crippen LogP contribution in [0.25, 0.3) is 10.9 Å². The Bertz CT molecular complexity index is 1520. The van der Waals surface area contributed by atoms with Crippen molar-refractivity contribution in [2.24, 2.45) is 0 Å². The number of halogens is 1. The van der Waals surface area contributed by atoms with Gasteiger partial charge in [-0.25, -0.2) is 12.8 Å². The predicted octanol–water partition coefficient (Wildman–Crippen LogP) is 4.74. The van der Waals surface area contributed by atoms with Crippen molar-refractivity contribution in [1.82, 2.24) is 4.57 Å². The van der Waals surface area contributed by atoms with Gasteiger partial charge in [0.2, 0.25) is 21.2 Å². The predicted molar refractivity (Wildman–Crippen MR) is 129 cm³/mol. The summed E-state index contributed by atoms with van der Waals surface area (Å²) in [6.45, 7) is 3.76. The van der Waals surface area contributed by atoms with E-state index in [1.165, 1.54) is 53.2 Å². The molecule has 0 aliphatic carbocycles. The zero-order valence-corrected chi connectivity index (χ0v) is 19.5. The topological polar surface area (TPSA) is 85.2 Å². The Kier molecular flexibility index (Phi) is 6.34. The number of aromatic nitrogens is 1. The van der Waals surface area contributed by atoms with Crippen molar-refractivity contribution in [3.63, 3.8) is 0 Å². The van der Waals surface area contributed by atoms with Crippen molar-refractivity contribution >= 4 is 32.3 Å². The lowest BCUT2D eigenvalue weighted by molar-refractivity contribution is -0.116. The Morgan fingerprint density at radius 3 is 2.26 bits per heavy atom. The smallest absolute Gasteiger partial charge is 0.244 e. The van der Waals surface area contributed by atoms with Crippen molar-refractivity contribution in [2.45, 2.75) is 36.1 Å². The zero-order chi connectivity index (χ0) is 24.5. The Balaban J connectivity index is 1.76. The normalized spacial score (nSPS) is 11.6. The highest BCUT2D eigenvalue weighted by atomic mass is 32.2. The van der Waals surface area contributed by atoms with Gasteiger partial charge in [0.25, 0.3) is 0 Å². The van der Waals surface area contributed by atoms with E-state index in [9.17, 15) is 22.4 Å². The first-order chi connectivity index (χ1) is 16.2. The summed E-state index contributed by atoms with van der Waals surface area (Å²) in [6.07, 6.45) is 1.21. The summed E-state index contributed by atoms with van der Waals surface area (Å²) in [6, 6.07) is 18.3. The van der Waals surface area contributed by atoms with E-state index in [4.69, 9.17) is 0 Å². The lowest BCUT2D eigenvalue weighted by Crippen LogP contribution is -2.23. The number of sulfone groups is 1. The van der Waals surface area contributed by atoms with Gasteiger partial charge in [-0.2, -0.15) is 0 Å². The van der Waals surface area contributed by atoms with E-state index in [1.807, 2.05) is 13.8 Å². The highest BCUT2D eigenvalue weighted by molar-refractivity contribution is 7.91. The zero-order valence-electron chi connectivity index (χ0n) is 18.7. The molecule has 3 aromatic carbocycles. The van der Waals surface area contributed by atoms with Crippen LogP contribution in [-0.4, -0.2) is 18.9 Å². The molecule has 174 valence electrons. The fourth-order valence-corrected chi connectivity index (χ4v) is 5.06. The van der Waals surface area contributed by atoms with Crippen LogP contribution < -0.4 is 10.7 Å².